The predicted octanol–water partition coefficient (Wildman–Crippen LogP) is 10.6. The summed E-state index contributed by atoms with van der Waals surface area (Å²) >= 11 is 0. The molecule has 10 aromatic carbocycles. The van der Waals surface area contributed by atoms with E-state index in [1.807, 2.05) is 0 Å². The number of fused-ring (bicyclic) bond motifs is 20. The summed E-state index contributed by atoms with van der Waals surface area (Å²) in [6.07, 6.45) is 0. The molecule has 15 rings (SSSR count). The smallest absolute Gasteiger partial charge is 0.251 e. The first kappa shape index (κ1) is 35.4. The number of benzene rings is 10. The Bertz CT molecular complexity index is 3710. The molecule has 0 amide bonds. The van der Waals surface area contributed by atoms with E-state index < -0.39 is 5.41 Å². The second kappa shape index (κ2) is 13.0. The highest BCUT2D eigenvalue weighted by Gasteiger charge is 2.56. The molecule has 4 heterocycles. The third kappa shape index (κ3) is 4.61. The Morgan fingerprint density at radius 2 is 0.646 bits per heavy atom. The van der Waals surface area contributed by atoms with E-state index in [9.17, 15) is 0 Å². The van der Waals surface area contributed by atoms with Crippen molar-refractivity contribution in [1.82, 2.24) is 0 Å². The third-order valence-electron chi connectivity index (χ3n) is 15.2. The molecule has 0 bridgehead atoms. The molecular formula is C61H36B2O2. The van der Waals surface area contributed by atoms with E-state index >= 15 is 0 Å². The summed E-state index contributed by atoms with van der Waals surface area (Å²) in [4.78, 5) is 0. The van der Waals surface area contributed by atoms with Crippen LogP contribution in [0, 0.1) is 0 Å². The highest BCUT2D eigenvalue weighted by atomic mass is 16.5. The number of para-hydroxylation sites is 1. The van der Waals surface area contributed by atoms with Gasteiger partial charge in [-0.2, -0.15) is 0 Å². The van der Waals surface area contributed by atoms with Crippen LogP contribution in [0.15, 0.2) is 218 Å². The van der Waals surface area contributed by atoms with Crippen molar-refractivity contribution in [1.29, 1.82) is 0 Å². The molecular weight excluding hydrogens is 786 g/mol. The van der Waals surface area contributed by atoms with Crippen molar-refractivity contribution in [3.8, 4) is 78.6 Å². The van der Waals surface area contributed by atoms with Gasteiger partial charge in [0.15, 0.2) is 0 Å². The molecule has 1 aliphatic carbocycles. The average Bonchev–Trinajstić information content (AvgIpc) is 3.37. The summed E-state index contributed by atoms with van der Waals surface area (Å²) in [5, 5.41) is 0. The van der Waals surface area contributed by atoms with E-state index in [4.69, 9.17) is 9.47 Å². The zero-order valence-electron chi connectivity index (χ0n) is 35.3. The molecule has 0 saturated carbocycles. The molecule has 0 N–H and O–H groups in total. The minimum Gasteiger partial charge on any atom is -0.458 e. The van der Waals surface area contributed by atoms with Gasteiger partial charge in [0.2, 0.25) is 0 Å². The Morgan fingerprint density at radius 1 is 0.262 bits per heavy atom. The maximum Gasteiger partial charge on any atom is 0.251 e. The van der Waals surface area contributed by atoms with Gasteiger partial charge in [0.1, 0.15) is 23.0 Å². The minimum absolute atomic E-state index is 0.0125. The standard InChI is InChI=1S/C61H36B2O2/c1-2-16-40-39(15-1)41-17-3-4-19-43(41)45-33-31-37(35-46(45)44-20-6-5-18-42(40)44)38-32-34-54-58(36-38)65-57-30-14-24-50-60(57)63(54)52-26-10-8-22-48(52)61(50)47-21-7-9-25-51(47)62-53-27-11-12-28-55(53)64-56-29-13-23-49(61)59(56)62/h1-36H. The van der Waals surface area contributed by atoms with Crippen LogP contribution in [0.2, 0.25) is 0 Å². The quantitative estimate of drug-likeness (QED) is 0.154. The molecule has 0 radical (unpaired) electrons. The van der Waals surface area contributed by atoms with Gasteiger partial charge in [-0.05, 0) is 130 Å². The molecule has 1 unspecified atom stereocenters. The van der Waals surface area contributed by atoms with Gasteiger partial charge in [0.25, 0.3) is 13.4 Å². The van der Waals surface area contributed by atoms with E-state index in [1.165, 1.54) is 99.5 Å². The maximum atomic E-state index is 7.20. The lowest BCUT2D eigenvalue weighted by Gasteiger charge is -2.51. The topological polar surface area (TPSA) is 18.5 Å². The predicted molar refractivity (Wildman–Crippen MR) is 268 cm³/mol. The first-order chi connectivity index (χ1) is 32.3. The van der Waals surface area contributed by atoms with Crippen molar-refractivity contribution in [2.75, 3.05) is 0 Å². The summed E-state index contributed by atoms with van der Waals surface area (Å²) in [5.74, 6) is 3.69. The third-order valence-corrected chi connectivity index (χ3v) is 15.2. The van der Waals surface area contributed by atoms with Crippen LogP contribution in [-0.4, -0.2) is 13.4 Å². The fourth-order valence-corrected chi connectivity index (χ4v) is 12.7. The van der Waals surface area contributed by atoms with Crippen LogP contribution in [-0.2, 0) is 5.41 Å². The Balaban J connectivity index is 0.918. The zero-order chi connectivity index (χ0) is 42.4. The molecule has 5 aliphatic rings. The Kier molecular flexibility index (Phi) is 7.08. The number of hydrogen-bond donors (Lipinski definition) is 0. The monoisotopic (exact) mass is 822 g/mol. The minimum atomic E-state index is -0.594. The van der Waals surface area contributed by atoms with Gasteiger partial charge in [-0.3, -0.25) is 0 Å². The molecule has 0 aromatic heterocycles. The Hall–Kier alpha value is -8.07. The fraction of sp³-hybridized carbons (Fsp3) is 0.0164. The highest BCUT2D eigenvalue weighted by molar-refractivity contribution is 6.99. The SMILES string of the molecule is c1ccc2c(c1)Oc1cccc3c1B2c1ccccc1C31c2ccccc2B2c3ccc(-c4ccc5c(c4)-c4ccccc4-c4ccccc4-c4ccccc4-5)cc3Oc3cccc1c32. The van der Waals surface area contributed by atoms with Crippen LogP contribution in [0.1, 0.15) is 22.3 Å². The molecule has 1 atom stereocenters. The normalized spacial score (nSPS) is 15.6. The number of hydrogen-bond acceptors (Lipinski definition) is 2. The molecule has 2 nitrogen and oxygen atoms in total. The second-order valence-corrected chi connectivity index (χ2v) is 18.1. The first-order valence-corrected chi connectivity index (χ1v) is 22.7. The molecule has 1 spiro atoms. The maximum absolute atomic E-state index is 7.20. The molecule has 4 heteroatoms. The van der Waals surface area contributed by atoms with Gasteiger partial charge >= 0.3 is 0 Å². The van der Waals surface area contributed by atoms with Gasteiger partial charge in [-0.15, -0.1) is 0 Å². The van der Waals surface area contributed by atoms with Crippen molar-refractivity contribution < 1.29 is 9.47 Å². The summed E-state index contributed by atoms with van der Waals surface area (Å²) in [5.41, 5.74) is 24.4. The van der Waals surface area contributed by atoms with Crippen molar-refractivity contribution in [2.24, 2.45) is 0 Å². The van der Waals surface area contributed by atoms with E-state index in [1.54, 1.807) is 0 Å². The molecule has 10 aromatic rings. The van der Waals surface area contributed by atoms with Crippen molar-refractivity contribution >= 4 is 46.2 Å². The molecule has 0 saturated heterocycles. The Morgan fingerprint density at radius 3 is 1.22 bits per heavy atom. The van der Waals surface area contributed by atoms with E-state index in [2.05, 4.69) is 218 Å². The second-order valence-electron chi connectivity index (χ2n) is 18.1. The zero-order valence-corrected chi connectivity index (χ0v) is 35.3. The summed E-state index contributed by atoms with van der Waals surface area (Å²) in [6.45, 7) is 0.0470. The van der Waals surface area contributed by atoms with Crippen LogP contribution in [0.25, 0.3) is 55.6 Å². The van der Waals surface area contributed by atoms with E-state index in [0.717, 1.165) is 34.1 Å². The Labute approximate surface area is 378 Å². The van der Waals surface area contributed by atoms with Crippen LogP contribution in [0.5, 0.6) is 23.0 Å². The van der Waals surface area contributed by atoms with E-state index in [0.29, 0.717) is 0 Å². The van der Waals surface area contributed by atoms with Crippen molar-refractivity contribution in [3.63, 3.8) is 0 Å². The lowest BCUT2D eigenvalue weighted by molar-refractivity contribution is 0.484. The van der Waals surface area contributed by atoms with Gasteiger partial charge < -0.3 is 9.47 Å². The summed E-state index contributed by atoms with van der Waals surface area (Å²) in [7, 11) is 0. The van der Waals surface area contributed by atoms with E-state index in [-0.39, 0.29) is 13.4 Å². The molecule has 0 fully saturated rings. The largest absolute Gasteiger partial charge is 0.458 e. The van der Waals surface area contributed by atoms with Crippen LogP contribution < -0.4 is 42.3 Å². The fourth-order valence-electron chi connectivity index (χ4n) is 12.7. The number of rotatable bonds is 1. The van der Waals surface area contributed by atoms with Gasteiger partial charge in [-0.1, -0.05) is 199 Å². The van der Waals surface area contributed by atoms with Crippen LogP contribution in [0.3, 0.4) is 0 Å². The van der Waals surface area contributed by atoms with Crippen LogP contribution in [0.4, 0.5) is 0 Å². The molecule has 65 heavy (non-hydrogen) atoms. The van der Waals surface area contributed by atoms with Crippen molar-refractivity contribution in [2.45, 2.75) is 5.41 Å². The molecule has 298 valence electrons. The van der Waals surface area contributed by atoms with Gasteiger partial charge in [0.05, 0.1) is 5.41 Å². The van der Waals surface area contributed by atoms with Gasteiger partial charge in [-0.25, -0.2) is 0 Å². The van der Waals surface area contributed by atoms with Gasteiger partial charge in [0, 0.05) is 0 Å². The highest BCUT2D eigenvalue weighted by Crippen LogP contribution is 2.51. The summed E-state index contributed by atoms with van der Waals surface area (Å²) < 4.78 is 14.0. The number of ether oxygens (including phenoxy) is 2. The lowest BCUT2D eigenvalue weighted by Crippen LogP contribution is -2.69. The first-order valence-electron chi connectivity index (χ1n) is 22.7. The summed E-state index contributed by atoms with van der Waals surface area (Å²) in [6, 6.07) is 80.8. The van der Waals surface area contributed by atoms with Crippen LogP contribution >= 0.6 is 0 Å². The van der Waals surface area contributed by atoms with Crippen molar-refractivity contribution in [3.05, 3.63) is 241 Å². The molecule has 4 aliphatic heterocycles. The average molecular weight is 823 g/mol. The lowest BCUT2D eigenvalue weighted by atomic mass is 9.25.